The first kappa shape index (κ1) is 21.1. The highest BCUT2D eigenvalue weighted by atomic mass is 16.5. The summed E-state index contributed by atoms with van der Waals surface area (Å²) in [6.07, 6.45) is 2.12. The van der Waals surface area contributed by atoms with Gasteiger partial charge in [0, 0.05) is 29.2 Å². The van der Waals surface area contributed by atoms with Gasteiger partial charge in [-0.05, 0) is 62.1 Å². The maximum Gasteiger partial charge on any atom is 0.200 e. The van der Waals surface area contributed by atoms with Gasteiger partial charge in [0.15, 0.2) is 17.3 Å². The SMILES string of the molecule is COc1cc([C@@H]2C3=C(CCCC3=O)Nc3c2c(C)nn3-c2cccc(C)c2)cc(OC)c1O. The molecule has 2 aromatic carbocycles. The maximum absolute atomic E-state index is 13.2. The van der Waals surface area contributed by atoms with E-state index in [1.165, 1.54) is 14.2 Å². The molecule has 2 N–H and O–H groups in total. The van der Waals surface area contributed by atoms with Crippen LogP contribution in [0, 0.1) is 13.8 Å². The summed E-state index contributed by atoms with van der Waals surface area (Å²) in [7, 11) is 3.01. The minimum atomic E-state index is -0.342. The van der Waals surface area contributed by atoms with Crippen molar-refractivity contribution in [3.8, 4) is 22.9 Å². The number of phenols is 1. The second-order valence-electron chi connectivity index (χ2n) is 8.60. The van der Waals surface area contributed by atoms with Crippen molar-refractivity contribution in [2.45, 2.75) is 39.0 Å². The van der Waals surface area contributed by atoms with E-state index in [0.29, 0.717) is 17.9 Å². The predicted octanol–water partition coefficient (Wildman–Crippen LogP) is 4.78. The van der Waals surface area contributed by atoms with Crippen LogP contribution in [-0.4, -0.2) is 34.9 Å². The van der Waals surface area contributed by atoms with Gasteiger partial charge in [0.1, 0.15) is 5.82 Å². The highest BCUT2D eigenvalue weighted by molar-refractivity contribution is 6.01. The quantitative estimate of drug-likeness (QED) is 0.601. The standard InChI is InChI=1S/C26H27N3O4/c1-14-7-5-8-17(11-14)29-26-22(15(2)28-29)23(24-18(27-26)9-6-10-19(24)30)16-12-20(32-3)25(31)21(13-16)33-4/h5,7-8,11-13,23,27,31H,6,9-10H2,1-4H3/t23-/m0/s1. The van der Waals surface area contributed by atoms with Gasteiger partial charge in [0.25, 0.3) is 0 Å². The lowest BCUT2D eigenvalue weighted by molar-refractivity contribution is -0.116. The van der Waals surface area contributed by atoms with Crippen molar-refractivity contribution in [3.63, 3.8) is 0 Å². The van der Waals surface area contributed by atoms with Gasteiger partial charge < -0.3 is 19.9 Å². The number of ether oxygens (including phenoxy) is 2. The van der Waals surface area contributed by atoms with Crippen molar-refractivity contribution in [3.05, 3.63) is 70.1 Å². The number of Topliss-reactive ketones (excluding diaryl/α,β-unsaturated/α-hetero) is 1. The largest absolute Gasteiger partial charge is 0.502 e. The molecule has 170 valence electrons. The monoisotopic (exact) mass is 445 g/mol. The van der Waals surface area contributed by atoms with E-state index in [1.54, 1.807) is 12.1 Å². The molecule has 5 rings (SSSR count). The summed E-state index contributed by atoms with van der Waals surface area (Å²) in [5.41, 5.74) is 6.39. The number of allylic oxidation sites excluding steroid dienone is 2. The molecule has 7 heteroatoms. The topological polar surface area (TPSA) is 85.6 Å². The van der Waals surface area contributed by atoms with Crippen molar-refractivity contribution in [2.75, 3.05) is 19.5 Å². The van der Waals surface area contributed by atoms with Gasteiger partial charge in [-0.3, -0.25) is 4.79 Å². The van der Waals surface area contributed by atoms with Gasteiger partial charge >= 0.3 is 0 Å². The van der Waals surface area contributed by atoms with Crippen LogP contribution in [0.15, 0.2) is 47.7 Å². The third-order valence-corrected chi connectivity index (χ3v) is 6.49. The van der Waals surface area contributed by atoms with Gasteiger partial charge in [-0.15, -0.1) is 0 Å². The fourth-order valence-corrected chi connectivity index (χ4v) is 4.98. The van der Waals surface area contributed by atoms with Crippen LogP contribution in [0.5, 0.6) is 17.2 Å². The van der Waals surface area contributed by atoms with Gasteiger partial charge in [0.05, 0.1) is 25.6 Å². The maximum atomic E-state index is 13.2. The molecule has 0 fully saturated rings. The minimum Gasteiger partial charge on any atom is -0.502 e. The summed E-state index contributed by atoms with van der Waals surface area (Å²) in [6, 6.07) is 11.8. The van der Waals surface area contributed by atoms with Crippen LogP contribution in [0.2, 0.25) is 0 Å². The van der Waals surface area contributed by atoms with Crippen LogP contribution >= 0.6 is 0 Å². The molecule has 0 bridgehead atoms. The third-order valence-electron chi connectivity index (χ3n) is 6.49. The Balaban J connectivity index is 1.78. The fraction of sp³-hybridized carbons (Fsp3) is 0.308. The molecule has 0 radical (unpaired) electrons. The van der Waals surface area contributed by atoms with Crippen molar-refractivity contribution < 1.29 is 19.4 Å². The number of carbonyl (C=O) groups is 1. The number of aromatic hydroxyl groups is 1. The predicted molar refractivity (Wildman–Crippen MR) is 126 cm³/mol. The average Bonchev–Trinajstić information content (AvgIpc) is 3.14. The molecular formula is C26H27N3O4. The summed E-state index contributed by atoms with van der Waals surface area (Å²) in [6.45, 7) is 4.02. The number of hydrogen-bond acceptors (Lipinski definition) is 6. The van der Waals surface area contributed by atoms with E-state index in [9.17, 15) is 9.90 Å². The summed E-state index contributed by atoms with van der Waals surface area (Å²) < 4.78 is 12.8. The van der Waals surface area contributed by atoms with E-state index >= 15 is 0 Å². The number of nitrogens with zero attached hydrogens (tertiary/aromatic N) is 2. The number of anilines is 1. The Morgan fingerprint density at radius 2 is 1.82 bits per heavy atom. The Morgan fingerprint density at radius 3 is 2.48 bits per heavy atom. The Bertz CT molecular complexity index is 1280. The Labute approximate surface area is 192 Å². The van der Waals surface area contributed by atoms with Crippen molar-refractivity contribution >= 4 is 11.6 Å². The van der Waals surface area contributed by atoms with Crippen molar-refractivity contribution in [2.24, 2.45) is 0 Å². The minimum absolute atomic E-state index is 0.0609. The molecule has 33 heavy (non-hydrogen) atoms. The lowest BCUT2D eigenvalue weighted by Gasteiger charge is -2.33. The molecule has 0 amide bonds. The molecule has 7 nitrogen and oxygen atoms in total. The van der Waals surface area contributed by atoms with Crippen molar-refractivity contribution in [1.82, 2.24) is 9.78 Å². The number of benzene rings is 2. The second-order valence-corrected chi connectivity index (χ2v) is 8.60. The van der Waals surface area contributed by atoms with Crippen LogP contribution in [0.4, 0.5) is 5.82 Å². The number of rotatable bonds is 4. The lowest BCUT2D eigenvalue weighted by atomic mass is 9.76. The van der Waals surface area contributed by atoms with Gasteiger partial charge in [-0.25, -0.2) is 4.68 Å². The van der Waals surface area contributed by atoms with E-state index in [0.717, 1.165) is 58.0 Å². The number of phenolic OH excluding ortho intramolecular Hbond substituents is 1. The zero-order chi connectivity index (χ0) is 23.3. The van der Waals surface area contributed by atoms with Crippen LogP contribution in [0.3, 0.4) is 0 Å². The normalized spacial score (nSPS) is 17.3. The molecule has 1 aliphatic heterocycles. The van der Waals surface area contributed by atoms with Crippen LogP contribution in [-0.2, 0) is 4.79 Å². The first-order chi connectivity index (χ1) is 15.9. The number of hydrogen-bond donors (Lipinski definition) is 2. The molecule has 1 aliphatic carbocycles. The summed E-state index contributed by atoms with van der Waals surface area (Å²) in [5.74, 6) is 1.20. The zero-order valence-corrected chi connectivity index (χ0v) is 19.2. The summed E-state index contributed by atoms with van der Waals surface area (Å²) in [5, 5.41) is 18.9. The van der Waals surface area contributed by atoms with E-state index in [2.05, 4.69) is 24.4 Å². The molecule has 0 unspecified atom stereocenters. The number of aromatic nitrogens is 2. The number of nitrogens with one attached hydrogen (secondary N) is 1. The summed E-state index contributed by atoms with van der Waals surface area (Å²) in [4.78, 5) is 13.2. The number of fused-ring (bicyclic) bond motifs is 1. The Kier molecular flexibility index (Phi) is 5.12. The van der Waals surface area contributed by atoms with E-state index in [-0.39, 0.29) is 17.5 Å². The molecule has 0 saturated carbocycles. The van der Waals surface area contributed by atoms with E-state index in [4.69, 9.17) is 14.6 Å². The molecule has 1 aromatic heterocycles. The van der Waals surface area contributed by atoms with E-state index in [1.807, 2.05) is 23.7 Å². The molecule has 0 saturated heterocycles. The molecule has 0 spiro atoms. The first-order valence-corrected chi connectivity index (χ1v) is 11.1. The average molecular weight is 446 g/mol. The smallest absolute Gasteiger partial charge is 0.200 e. The van der Waals surface area contributed by atoms with Crippen LogP contribution < -0.4 is 14.8 Å². The Morgan fingerprint density at radius 1 is 1.09 bits per heavy atom. The molecule has 2 aliphatic rings. The number of methoxy groups -OCH3 is 2. The van der Waals surface area contributed by atoms with E-state index < -0.39 is 0 Å². The van der Waals surface area contributed by atoms with Gasteiger partial charge in [0.2, 0.25) is 5.75 Å². The second kappa shape index (κ2) is 7.99. The zero-order valence-electron chi connectivity index (χ0n) is 19.2. The highest BCUT2D eigenvalue weighted by Gasteiger charge is 2.39. The molecule has 1 atom stereocenters. The molecular weight excluding hydrogens is 418 g/mol. The number of ketones is 1. The van der Waals surface area contributed by atoms with Crippen molar-refractivity contribution in [1.29, 1.82) is 0 Å². The molecule has 3 aromatic rings. The molecule has 2 heterocycles. The van der Waals surface area contributed by atoms with Crippen LogP contribution in [0.25, 0.3) is 5.69 Å². The lowest BCUT2D eigenvalue weighted by Crippen LogP contribution is -2.27. The fourth-order valence-electron chi connectivity index (χ4n) is 4.98. The number of carbonyl (C=O) groups excluding carboxylic acids is 1. The first-order valence-electron chi connectivity index (χ1n) is 11.1. The van der Waals surface area contributed by atoms with Gasteiger partial charge in [-0.1, -0.05) is 12.1 Å². The van der Waals surface area contributed by atoms with Gasteiger partial charge in [-0.2, -0.15) is 5.10 Å². The summed E-state index contributed by atoms with van der Waals surface area (Å²) >= 11 is 0. The number of aryl methyl sites for hydroxylation is 2. The third kappa shape index (κ3) is 3.35. The highest BCUT2D eigenvalue weighted by Crippen LogP contribution is 2.50. The Hall–Kier alpha value is -3.74. The van der Waals surface area contributed by atoms with Crippen LogP contribution in [0.1, 0.15) is 47.6 Å².